The Morgan fingerprint density at radius 3 is 2.06 bits per heavy atom. The van der Waals surface area contributed by atoms with Gasteiger partial charge in [0, 0.05) is 0 Å². The molecule has 0 unspecified atom stereocenters. The summed E-state index contributed by atoms with van der Waals surface area (Å²) in [6.45, 7) is 4.18. The molecule has 6 heteroatoms. The highest BCUT2D eigenvalue weighted by molar-refractivity contribution is 5.78. The Bertz CT molecular complexity index is 201. The molecular weight excluding hydrogens is 221 g/mol. The Hall–Kier alpha value is -0.780. The molecule has 0 saturated carbocycles. The van der Waals surface area contributed by atoms with E-state index in [9.17, 15) is 18.0 Å². The summed E-state index contributed by atoms with van der Waals surface area (Å²) in [6, 6.07) is 0. The minimum absolute atomic E-state index is 0.0394. The number of halogens is 3. The molecule has 0 rings (SSSR count). The van der Waals surface area contributed by atoms with Crippen LogP contribution in [-0.4, -0.2) is 43.2 Å². The van der Waals surface area contributed by atoms with Gasteiger partial charge in [-0.1, -0.05) is 13.8 Å². The Balaban J connectivity index is 3.90. The van der Waals surface area contributed by atoms with E-state index in [1.54, 1.807) is 0 Å². The van der Waals surface area contributed by atoms with E-state index in [0.29, 0.717) is 0 Å². The maximum Gasteiger partial charge on any atom is 0.405 e. The second-order valence-electron chi connectivity index (χ2n) is 3.67. The Labute approximate surface area is 94.0 Å². The molecule has 0 heterocycles. The lowest BCUT2D eigenvalue weighted by atomic mass is 10.3. The lowest BCUT2D eigenvalue weighted by molar-refractivity contribution is -0.139. The number of carbonyl (C=O) groups is 1. The van der Waals surface area contributed by atoms with Crippen molar-refractivity contribution in [1.82, 2.24) is 10.2 Å². The minimum atomic E-state index is -4.34. The molecule has 96 valence electrons. The van der Waals surface area contributed by atoms with Crippen molar-refractivity contribution in [3.05, 3.63) is 0 Å². The summed E-state index contributed by atoms with van der Waals surface area (Å²) in [5.74, 6) is -0.570. The van der Waals surface area contributed by atoms with Crippen molar-refractivity contribution >= 4 is 5.91 Å². The van der Waals surface area contributed by atoms with Gasteiger partial charge in [0.1, 0.15) is 6.54 Å². The fourth-order valence-electron chi connectivity index (χ4n) is 1.36. The van der Waals surface area contributed by atoms with Crippen LogP contribution in [0.5, 0.6) is 0 Å². The zero-order chi connectivity index (χ0) is 12.6. The number of hydrogen-bond donors (Lipinski definition) is 1. The smallest absolute Gasteiger partial charge is 0.346 e. The molecule has 1 amide bonds. The van der Waals surface area contributed by atoms with Crippen LogP contribution in [-0.2, 0) is 4.79 Å². The zero-order valence-corrected chi connectivity index (χ0v) is 9.73. The predicted octanol–water partition coefficient (Wildman–Crippen LogP) is 1.79. The second kappa shape index (κ2) is 7.49. The summed E-state index contributed by atoms with van der Waals surface area (Å²) in [7, 11) is 0. The zero-order valence-electron chi connectivity index (χ0n) is 9.73. The van der Waals surface area contributed by atoms with Crippen molar-refractivity contribution < 1.29 is 18.0 Å². The van der Waals surface area contributed by atoms with Crippen molar-refractivity contribution in [2.45, 2.75) is 32.9 Å². The highest BCUT2D eigenvalue weighted by Gasteiger charge is 2.27. The molecule has 0 aromatic heterocycles. The average Bonchev–Trinajstić information content (AvgIpc) is 2.14. The monoisotopic (exact) mass is 240 g/mol. The van der Waals surface area contributed by atoms with Gasteiger partial charge in [0.2, 0.25) is 5.91 Å². The van der Waals surface area contributed by atoms with Crippen LogP contribution in [0.25, 0.3) is 0 Å². The summed E-state index contributed by atoms with van der Waals surface area (Å²) in [6.07, 6.45) is -2.57. The van der Waals surface area contributed by atoms with Crippen LogP contribution in [0.3, 0.4) is 0 Å². The van der Waals surface area contributed by atoms with E-state index in [2.05, 4.69) is 0 Å². The SMILES string of the molecule is CCCN(CCC)CC(=O)NCC(F)(F)F. The third-order valence-corrected chi connectivity index (χ3v) is 1.93. The van der Waals surface area contributed by atoms with Gasteiger partial charge in [-0.15, -0.1) is 0 Å². The Morgan fingerprint density at radius 1 is 1.19 bits per heavy atom. The summed E-state index contributed by atoms with van der Waals surface area (Å²) in [5.41, 5.74) is 0. The minimum Gasteiger partial charge on any atom is -0.346 e. The molecular formula is C10H19F3N2O. The van der Waals surface area contributed by atoms with Crippen molar-refractivity contribution in [2.75, 3.05) is 26.2 Å². The number of rotatable bonds is 7. The van der Waals surface area contributed by atoms with Gasteiger partial charge in [-0.25, -0.2) is 0 Å². The van der Waals surface area contributed by atoms with Crippen LogP contribution in [0.15, 0.2) is 0 Å². The molecule has 16 heavy (non-hydrogen) atoms. The number of alkyl halides is 3. The predicted molar refractivity (Wildman–Crippen MR) is 56.1 cm³/mol. The first kappa shape index (κ1) is 15.2. The number of hydrogen-bond acceptors (Lipinski definition) is 2. The summed E-state index contributed by atoms with van der Waals surface area (Å²) in [4.78, 5) is 13.0. The molecule has 0 radical (unpaired) electrons. The molecule has 1 N–H and O–H groups in total. The van der Waals surface area contributed by atoms with E-state index in [4.69, 9.17) is 0 Å². The Kier molecular flexibility index (Phi) is 7.12. The van der Waals surface area contributed by atoms with E-state index in [1.807, 2.05) is 24.1 Å². The average molecular weight is 240 g/mol. The van der Waals surface area contributed by atoms with E-state index in [1.165, 1.54) is 0 Å². The van der Waals surface area contributed by atoms with Gasteiger partial charge in [-0.05, 0) is 25.9 Å². The summed E-state index contributed by atoms with van der Waals surface area (Å²) < 4.78 is 35.5. The number of carbonyl (C=O) groups excluding carboxylic acids is 1. The first-order valence-electron chi connectivity index (χ1n) is 5.44. The molecule has 0 aliphatic rings. The van der Waals surface area contributed by atoms with Crippen molar-refractivity contribution in [2.24, 2.45) is 0 Å². The van der Waals surface area contributed by atoms with Gasteiger partial charge in [-0.3, -0.25) is 9.69 Å². The number of amides is 1. The van der Waals surface area contributed by atoms with Crippen molar-refractivity contribution in [3.63, 3.8) is 0 Å². The second-order valence-corrected chi connectivity index (χ2v) is 3.67. The molecule has 0 aromatic carbocycles. The molecule has 0 spiro atoms. The highest BCUT2D eigenvalue weighted by Crippen LogP contribution is 2.11. The number of nitrogens with zero attached hydrogens (tertiary/aromatic N) is 1. The van der Waals surface area contributed by atoms with Crippen LogP contribution < -0.4 is 5.32 Å². The van der Waals surface area contributed by atoms with Gasteiger partial charge in [-0.2, -0.15) is 13.2 Å². The first-order valence-corrected chi connectivity index (χ1v) is 5.44. The van der Waals surface area contributed by atoms with Gasteiger partial charge < -0.3 is 5.32 Å². The van der Waals surface area contributed by atoms with Gasteiger partial charge in [0.15, 0.2) is 0 Å². The molecule has 0 bridgehead atoms. The third-order valence-electron chi connectivity index (χ3n) is 1.93. The largest absolute Gasteiger partial charge is 0.405 e. The number of nitrogens with one attached hydrogen (secondary N) is 1. The summed E-state index contributed by atoms with van der Waals surface area (Å²) in [5, 5.41) is 1.86. The maximum atomic E-state index is 11.8. The molecule has 3 nitrogen and oxygen atoms in total. The molecule has 0 aliphatic carbocycles. The van der Waals surface area contributed by atoms with Crippen LogP contribution in [0.4, 0.5) is 13.2 Å². The maximum absolute atomic E-state index is 11.8. The Morgan fingerprint density at radius 2 is 1.69 bits per heavy atom. The van der Waals surface area contributed by atoms with E-state index in [0.717, 1.165) is 25.9 Å². The van der Waals surface area contributed by atoms with E-state index < -0.39 is 18.6 Å². The fourth-order valence-corrected chi connectivity index (χ4v) is 1.36. The summed E-state index contributed by atoms with van der Waals surface area (Å²) >= 11 is 0. The standard InChI is InChI=1S/C10H19F3N2O/c1-3-5-15(6-4-2)7-9(16)14-8-10(11,12)13/h3-8H2,1-2H3,(H,14,16). The fraction of sp³-hybridized carbons (Fsp3) is 0.900. The third kappa shape index (κ3) is 8.52. The lowest BCUT2D eigenvalue weighted by Crippen LogP contribution is -2.41. The van der Waals surface area contributed by atoms with E-state index in [-0.39, 0.29) is 6.54 Å². The normalized spacial score (nSPS) is 11.9. The van der Waals surface area contributed by atoms with Crippen LogP contribution in [0.1, 0.15) is 26.7 Å². The van der Waals surface area contributed by atoms with Gasteiger partial charge >= 0.3 is 6.18 Å². The molecule has 0 aliphatic heterocycles. The van der Waals surface area contributed by atoms with Crippen molar-refractivity contribution in [3.8, 4) is 0 Å². The molecule has 0 aromatic rings. The lowest BCUT2D eigenvalue weighted by Gasteiger charge is -2.20. The van der Waals surface area contributed by atoms with Crippen molar-refractivity contribution in [1.29, 1.82) is 0 Å². The van der Waals surface area contributed by atoms with Crippen LogP contribution in [0, 0.1) is 0 Å². The molecule has 0 atom stereocenters. The van der Waals surface area contributed by atoms with E-state index >= 15 is 0 Å². The first-order chi connectivity index (χ1) is 7.39. The highest BCUT2D eigenvalue weighted by atomic mass is 19.4. The molecule has 0 fully saturated rings. The quantitative estimate of drug-likeness (QED) is 0.735. The molecule has 0 saturated heterocycles. The van der Waals surface area contributed by atoms with Crippen LogP contribution in [0.2, 0.25) is 0 Å². The van der Waals surface area contributed by atoms with Gasteiger partial charge in [0.05, 0.1) is 6.54 Å². The van der Waals surface area contributed by atoms with Crippen LogP contribution >= 0.6 is 0 Å². The topological polar surface area (TPSA) is 32.3 Å². The van der Waals surface area contributed by atoms with Gasteiger partial charge in [0.25, 0.3) is 0 Å².